The van der Waals surface area contributed by atoms with E-state index in [1.54, 1.807) is 24.3 Å². The predicted octanol–water partition coefficient (Wildman–Crippen LogP) is 3.38. The van der Waals surface area contributed by atoms with E-state index >= 15 is 0 Å². The number of likely N-dealkylation sites (tertiary alicyclic amines) is 1. The third-order valence-corrected chi connectivity index (χ3v) is 5.27. The second-order valence-corrected chi connectivity index (χ2v) is 7.22. The van der Waals surface area contributed by atoms with E-state index in [2.05, 4.69) is 20.2 Å². The predicted molar refractivity (Wildman–Crippen MR) is 107 cm³/mol. The number of aromatic nitrogens is 2. The van der Waals surface area contributed by atoms with Crippen LogP contribution in [0.1, 0.15) is 28.4 Å². The van der Waals surface area contributed by atoms with Gasteiger partial charge in [-0.1, -0.05) is 23.7 Å². The van der Waals surface area contributed by atoms with Gasteiger partial charge in [-0.05, 0) is 49.3 Å². The largest absolute Gasteiger partial charge is 0.366 e. The molecule has 3 N–H and O–H groups in total. The molecule has 0 aliphatic carbocycles. The van der Waals surface area contributed by atoms with E-state index in [4.69, 9.17) is 17.3 Å². The first-order chi connectivity index (χ1) is 13.5. The van der Waals surface area contributed by atoms with E-state index in [9.17, 15) is 9.18 Å². The summed E-state index contributed by atoms with van der Waals surface area (Å²) in [6.45, 7) is 2.76. The van der Waals surface area contributed by atoms with Crippen LogP contribution >= 0.6 is 11.6 Å². The first-order valence-electron chi connectivity index (χ1n) is 9.00. The molecule has 3 aromatic rings. The van der Waals surface area contributed by atoms with Crippen molar-refractivity contribution < 1.29 is 9.18 Å². The molecule has 28 heavy (non-hydrogen) atoms. The Kier molecular flexibility index (Phi) is 5.11. The van der Waals surface area contributed by atoms with Gasteiger partial charge in [0, 0.05) is 11.9 Å². The van der Waals surface area contributed by atoms with Gasteiger partial charge >= 0.3 is 0 Å². The van der Waals surface area contributed by atoms with Crippen molar-refractivity contribution in [2.75, 3.05) is 25.0 Å². The average molecular weight is 400 g/mol. The Balaban J connectivity index is 1.73. The summed E-state index contributed by atoms with van der Waals surface area (Å²) in [5.41, 5.74) is 7.16. The number of para-hydroxylation sites is 1. The Morgan fingerprint density at radius 1 is 1.29 bits per heavy atom. The number of amides is 1. The maximum absolute atomic E-state index is 13.6. The summed E-state index contributed by atoms with van der Waals surface area (Å²) in [6.07, 6.45) is 2.56. The highest BCUT2D eigenvalue weighted by Gasteiger charge is 2.22. The first-order valence-corrected chi connectivity index (χ1v) is 9.38. The van der Waals surface area contributed by atoms with Crippen LogP contribution in [0.25, 0.3) is 10.9 Å². The lowest BCUT2D eigenvalue weighted by Crippen LogP contribution is -2.41. The number of anilines is 1. The van der Waals surface area contributed by atoms with Gasteiger partial charge in [0.2, 0.25) is 0 Å². The molecule has 1 aromatic heterocycles. The van der Waals surface area contributed by atoms with Crippen molar-refractivity contribution in [1.82, 2.24) is 14.9 Å². The maximum atomic E-state index is 13.6. The summed E-state index contributed by atoms with van der Waals surface area (Å²) in [5, 5.41) is 4.20. The highest BCUT2D eigenvalue weighted by Crippen LogP contribution is 2.29. The van der Waals surface area contributed by atoms with Crippen molar-refractivity contribution in [2.24, 2.45) is 5.73 Å². The number of nitrogens with two attached hydrogens (primary N) is 1. The molecule has 1 amide bonds. The number of hydrogen-bond donors (Lipinski definition) is 2. The normalized spacial score (nSPS) is 15.2. The standard InChI is InChI=1S/C20H19ClFN5O/c21-15-9-12(5-6-16(15)22)17(10-27-7-2-8-27)26-20-14-4-1-3-13(19(23)28)18(14)24-11-25-20/h1,3-6,9,11,17H,2,7-8,10H2,(H2,23,28)(H,24,25,26). The quantitative estimate of drug-likeness (QED) is 0.663. The van der Waals surface area contributed by atoms with Gasteiger partial charge in [0.05, 0.1) is 22.1 Å². The molecule has 1 atom stereocenters. The number of hydrogen-bond acceptors (Lipinski definition) is 5. The topological polar surface area (TPSA) is 84.1 Å². The van der Waals surface area contributed by atoms with Gasteiger partial charge in [-0.3, -0.25) is 4.79 Å². The van der Waals surface area contributed by atoms with Crippen molar-refractivity contribution in [3.8, 4) is 0 Å². The number of carbonyl (C=O) groups is 1. The fourth-order valence-corrected chi connectivity index (χ4v) is 3.54. The van der Waals surface area contributed by atoms with Gasteiger partial charge in [-0.2, -0.15) is 0 Å². The van der Waals surface area contributed by atoms with Crippen molar-refractivity contribution in [2.45, 2.75) is 12.5 Å². The molecule has 0 bridgehead atoms. The zero-order chi connectivity index (χ0) is 19.7. The minimum atomic E-state index is -0.544. The molecule has 4 rings (SSSR count). The van der Waals surface area contributed by atoms with Crippen molar-refractivity contribution in [3.05, 3.63) is 64.7 Å². The average Bonchev–Trinajstić information content (AvgIpc) is 2.65. The molecule has 144 valence electrons. The molecule has 6 nitrogen and oxygen atoms in total. The van der Waals surface area contributed by atoms with Crippen molar-refractivity contribution >= 4 is 34.2 Å². The van der Waals surface area contributed by atoms with Gasteiger partial charge in [0.15, 0.2) is 0 Å². The third-order valence-electron chi connectivity index (χ3n) is 4.98. The van der Waals surface area contributed by atoms with Gasteiger partial charge in [-0.15, -0.1) is 0 Å². The van der Waals surface area contributed by atoms with Crippen LogP contribution in [0.4, 0.5) is 10.2 Å². The van der Waals surface area contributed by atoms with E-state index in [1.165, 1.54) is 12.4 Å². The molecular formula is C20H19ClFN5O. The Morgan fingerprint density at radius 3 is 2.79 bits per heavy atom. The molecule has 0 saturated carbocycles. The fourth-order valence-electron chi connectivity index (χ4n) is 3.35. The molecule has 1 aliphatic heterocycles. The lowest BCUT2D eigenvalue weighted by Gasteiger charge is -2.35. The van der Waals surface area contributed by atoms with Crippen LogP contribution in [0.3, 0.4) is 0 Å². The van der Waals surface area contributed by atoms with Crippen LogP contribution in [0.2, 0.25) is 5.02 Å². The smallest absolute Gasteiger partial charge is 0.250 e. The summed E-state index contributed by atoms with van der Waals surface area (Å²) in [7, 11) is 0. The first kappa shape index (κ1) is 18.6. The summed E-state index contributed by atoms with van der Waals surface area (Å²) in [5.74, 6) is -0.413. The highest BCUT2D eigenvalue weighted by molar-refractivity contribution is 6.30. The van der Waals surface area contributed by atoms with Gasteiger partial charge < -0.3 is 16.0 Å². The van der Waals surface area contributed by atoms with Crippen LogP contribution < -0.4 is 11.1 Å². The SMILES string of the molecule is NC(=O)c1cccc2c(NC(CN3CCC3)c3ccc(F)c(Cl)c3)ncnc12. The molecule has 2 heterocycles. The lowest BCUT2D eigenvalue weighted by molar-refractivity contribution is 0.100. The summed E-state index contributed by atoms with van der Waals surface area (Å²) in [4.78, 5) is 22.6. The zero-order valence-electron chi connectivity index (χ0n) is 15.0. The van der Waals surface area contributed by atoms with Crippen LogP contribution in [0.15, 0.2) is 42.7 Å². The Bertz CT molecular complexity index is 1040. The van der Waals surface area contributed by atoms with Gasteiger partial charge in [-0.25, -0.2) is 14.4 Å². The number of nitrogens with zero attached hydrogens (tertiary/aromatic N) is 3. The van der Waals surface area contributed by atoms with E-state index < -0.39 is 11.7 Å². The fraction of sp³-hybridized carbons (Fsp3) is 0.250. The van der Waals surface area contributed by atoms with Crippen LogP contribution in [0, 0.1) is 5.82 Å². The van der Waals surface area contributed by atoms with Crippen LogP contribution in [0.5, 0.6) is 0 Å². The molecule has 0 radical (unpaired) electrons. The number of fused-ring (bicyclic) bond motifs is 1. The van der Waals surface area contributed by atoms with E-state index in [1.807, 2.05) is 6.07 Å². The molecule has 8 heteroatoms. The van der Waals surface area contributed by atoms with Crippen LogP contribution in [-0.4, -0.2) is 40.4 Å². The summed E-state index contributed by atoms with van der Waals surface area (Å²) >= 11 is 6.00. The minimum Gasteiger partial charge on any atom is -0.366 e. The summed E-state index contributed by atoms with van der Waals surface area (Å²) in [6, 6.07) is 9.78. The molecule has 1 unspecified atom stereocenters. The number of nitrogens with one attached hydrogen (secondary N) is 1. The summed E-state index contributed by atoms with van der Waals surface area (Å²) < 4.78 is 13.6. The Hall–Kier alpha value is -2.77. The second-order valence-electron chi connectivity index (χ2n) is 6.81. The molecule has 2 aromatic carbocycles. The molecular weight excluding hydrogens is 381 g/mol. The highest BCUT2D eigenvalue weighted by atomic mass is 35.5. The number of carbonyl (C=O) groups excluding carboxylic acids is 1. The van der Waals surface area contributed by atoms with Crippen molar-refractivity contribution in [1.29, 1.82) is 0 Å². The molecule has 0 spiro atoms. The minimum absolute atomic E-state index is 0.0801. The van der Waals surface area contributed by atoms with E-state index in [0.717, 1.165) is 31.6 Å². The van der Waals surface area contributed by atoms with Gasteiger partial charge in [0.25, 0.3) is 5.91 Å². The number of primary amides is 1. The number of rotatable bonds is 6. The van der Waals surface area contributed by atoms with E-state index in [-0.39, 0.29) is 11.1 Å². The molecule has 1 fully saturated rings. The lowest BCUT2D eigenvalue weighted by atomic mass is 10.0. The molecule has 1 saturated heterocycles. The van der Waals surface area contributed by atoms with Gasteiger partial charge in [0.1, 0.15) is 18.0 Å². The number of halogens is 2. The third kappa shape index (κ3) is 3.63. The van der Waals surface area contributed by atoms with E-state index in [0.29, 0.717) is 22.3 Å². The molecule has 1 aliphatic rings. The van der Waals surface area contributed by atoms with Crippen molar-refractivity contribution in [3.63, 3.8) is 0 Å². The zero-order valence-corrected chi connectivity index (χ0v) is 15.8. The maximum Gasteiger partial charge on any atom is 0.250 e. The van der Waals surface area contributed by atoms with Crippen LogP contribution in [-0.2, 0) is 0 Å². The number of benzene rings is 2. The Morgan fingerprint density at radius 2 is 2.11 bits per heavy atom. The second kappa shape index (κ2) is 7.69. The monoisotopic (exact) mass is 399 g/mol. The Labute approximate surface area is 166 Å².